The highest BCUT2D eigenvalue weighted by molar-refractivity contribution is 7.99. The summed E-state index contributed by atoms with van der Waals surface area (Å²) >= 11 is 3.39. The van der Waals surface area contributed by atoms with E-state index in [4.69, 9.17) is 9.72 Å². The van der Waals surface area contributed by atoms with Crippen LogP contribution < -0.4 is 9.64 Å². The first-order valence-electron chi connectivity index (χ1n) is 11.0. The number of amides is 1. The number of hydrogen-bond donors (Lipinski definition) is 0. The summed E-state index contributed by atoms with van der Waals surface area (Å²) in [5.41, 5.74) is 3.26. The Balaban J connectivity index is 1.70. The summed E-state index contributed by atoms with van der Waals surface area (Å²) in [4.78, 5) is 23.3. The van der Waals surface area contributed by atoms with E-state index in [1.165, 1.54) is 10.5 Å². The molecular formula is C25H33N3O2S2. The molecule has 0 spiro atoms. The predicted octanol–water partition coefficient (Wildman–Crippen LogP) is 5.78. The van der Waals surface area contributed by atoms with E-state index in [1.807, 2.05) is 17.0 Å². The van der Waals surface area contributed by atoms with Gasteiger partial charge in [-0.05, 0) is 76.8 Å². The topological polar surface area (TPSA) is 45.7 Å². The van der Waals surface area contributed by atoms with E-state index in [9.17, 15) is 4.79 Å². The number of methoxy groups -OCH3 is 1. The van der Waals surface area contributed by atoms with Crippen LogP contribution in [0.2, 0.25) is 0 Å². The molecular weight excluding hydrogens is 438 g/mol. The van der Waals surface area contributed by atoms with E-state index < -0.39 is 0 Å². The van der Waals surface area contributed by atoms with Crippen LogP contribution in [0, 0.1) is 13.8 Å². The Morgan fingerprint density at radius 1 is 1.06 bits per heavy atom. The lowest BCUT2D eigenvalue weighted by Gasteiger charge is -2.21. The van der Waals surface area contributed by atoms with Gasteiger partial charge in [0, 0.05) is 17.9 Å². The molecule has 0 unspecified atom stereocenters. The van der Waals surface area contributed by atoms with Gasteiger partial charge in [-0.3, -0.25) is 9.69 Å². The average molecular weight is 472 g/mol. The minimum absolute atomic E-state index is 0.143. The van der Waals surface area contributed by atoms with Gasteiger partial charge in [-0.15, -0.1) is 11.8 Å². The fourth-order valence-corrected chi connectivity index (χ4v) is 5.38. The number of thiazole rings is 1. The summed E-state index contributed by atoms with van der Waals surface area (Å²) in [6, 6.07) is 12.5. The molecule has 1 heterocycles. The van der Waals surface area contributed by atoms with Crippen LogP contribution in [0.3, 0.4) is 0 Å². The van der Waals surface area contributed by atoms with Crippen LogP contribution >= 0.6 is 23.1 Å². The van der Waals surface area contributed by atoms with Crippen molar-refractivity contribution in [3.8, 4) is 5.75 Å². The molecule has 1 amide bonds. The van der Waals surface area contributed by atoms with Crippen LogP contribution in [-0.4, -0.2) is 55.8 Å². The summed E-state index contributed by atoms with van der Waals surface area (Å²) in [6.45, 7) is 5.77. The van der Waals surface area contributed by atoms with Crippen molar-refractivity contribution in [2.24, 2.45) is 0 Å². The third-order valence-corrected chi connectivity index (χ3v) is 7.57. The van der Waals surface area contributed by atoms with Crippen molar-refractivity contribution in [3.63, 3.8) is 0 Å². The maximum absolute atomic E-state index is 13.2. The second-order valence-electron chi connectivity index (χ2n) is 8.23. The zero-order chi connectivity index (χ0) is 23.1. The number of nitrogens with zero attached hydrogens (tertiary/aromatic N) is 3. The third-order valence-electron chi connectivity index (χ3n) is 5.26. The lowest BCUT2D eigenvalue weighted by Crippen LogP contribution is -2.33. The van der Waals surface area contributed by atoms with Gasteiger partial charge in [0.2, 0.25) is 5.91 Å². The molecule has 1 aromatic heterocycles. The Bertz CT molecular complexity index is 1030. The molecule has 0 radical (unpaired) electrons. The monoisotopic (exact) mass is 471 g/mol. The molecule has 32 heavy (non-hydrogen) atoms. The normalized spacial score (nSPS) is 11.3. The molecule has 3 rings (SSSR count). The van der Waals surface area contributed by atoms with Crippen LogP contribution in [0.1, 0.15) is 30.4 Å². The third kappa shape index (κ3) is 6.47. The molecule has 172 valence electrons. The van der Waals surface area contributed by atoms with E-state index in [1.54, 1.807) is 30.2 Å². The highest BCUT2D eigenvalue weighted by atomic mass is 32.2. The van der Waals surface area contributed by atoms with Crippen molar-refractivity contribution < 1.29 is 9.53 Å². The van der Waals surface area contributed by atoms with Gasteiger partial charge < -0.3 is 9.64 Å². The van der Waals surface area contributed by atoms with Gasteiger partial charge >= 0.3 is 0 Å². The van der Waals surface area contributed by atoms with Crippen molar-refractivity contribution in [1.29, 1.82) is 0 Å². The van der Waals surface area contributed by atoms with Crippen LogP contribution in [0.15, 0.2) is 41.3 Å². The summed E-state index contributed by atoms with van der Waals surface area (Å²) in [5, 5.41) is 0.766. The van der Waals surface area contributed by atoms with Crippen molar-refractivity contribution >= 4 is 44.4 Å². The van der Waals surface area contributed by atoms with Crippen molar-refractivity contribution in [1.82, 2.24) is 9.88 Å². The van der Waals surface area contributed by atoms with Crippen molar-refractivity contribution in [2.75, 3.05) is 44.9 Å². The number of carbonyl (C=O) groups is 1. The number of aromatic nitrogens is 1. The zero-order valence-electron chi connectivity index (χ0n) is 19.7. The number of hydrogen-bond acceptors (Lipinski definition) is 6. The number of anilines is 1. The first-order chi connectivity index (χ1) is 15.4. The highest BCUT2D eigenvalue weighted by Gasteiger charge is 2.21. The SMILES string of the molecule is COc1ccc(C)c2sc(N(CCCN(C)C)C(=O)CCCSc3ccc(C)cc3)nc12. The fourth-order valence-electron chi connectivity index (χ4n) is 3.43. The van der Waals surface area contributed by atoms with Gasteiger partial charge in [-0.1, -0.05) is 35.1 Å². The van der Waals surface area contributed by atoms with E-state index in [0.29, 0.717) is 13.0 Å². The minimum atomic E-state index is 0.143. The molecule has 0 saturated carbocycles. The maximum Gasteiger partial charge on any atom is 0.228 e. The highest BCUT2D eigenvalue weighted by Crippen LogP contribution is 2.36. The number of carbonyl (C=O) groups excluding carboxylic acids is 1. The van der Waals surface area contributed by atoms with Crippen molar-refractivity contribution in [3.05, 3.63) is 47.5 Å². The first kappa shape index (κ1) is 24.6. The second-order valence-corrected chi connectivity index (χ2v) is 10.4. The predicted molar refractivity (Wildman–Crippen MR) is 138 cm³/mol. The maximum atomic E-state index is 13.2. The van der Waals surface area contributed by atoms with Crippen LogP contribution in [-0.2, 0) is 4.79 Å². The number of aryl methyl sites for hydroxylation is 2. The van der Waals surface area contributed by atoms with E-state index in [2.05, 4.69) is 57.1 Å². The van der Waals surface area contributed by atoms with Crippen LogP contribution in [0.25, 0.3) is 10.2 Å². The Labute approximate surface area is 199 Å². The van der Waals surface area contributed by atoms with E-state index in [0.717, 1.165) is 51.8 Å². The molecule has 0 aliphatic heterocycles. The van der Waals surface area contributed by atoms with Gasteiger partial charge in [0.25, 0.3) is 0 Å². The standard InChI is InChI=1S/C25H33N3O2S2/c1-18-9-12-20(13-10-18)31-17-6-8-22(29)28(16-7-15-27(3)4)25-26-23-21(30-5)14-11-19(2)24(23)32-25/h9-14H,6-8,15-17H2,1-5H3. The molecule has 0 aliphatic rings. The first-order valence-corrected chi connectivity index (χ1v) is 12.8. The molecule has 0 N–H and O–H groups in total. The second kappa shape index (κ2) is 11.7. The van der Waals surface area contributed by atoms with Gasteiger partial charge in [0.15, 0.2) is 5.13 Å². The van der Waals surface area contributed by atoms with Gasteiger partial charge in [0.05, 0.1) is 11.8 Å². The van der Waals surface area contributed by atoms with Gasteiger partial charge in [-0.2, -0.15) is 0 Å². The van der Waals surface area contributed by atoms with E-state index in [-0.39, 0.29) is 5.91 Å². The largest absolute Gasteiger partial charge is 0.494 e. The van der Waals surface area contributed by atoms with E-state index >= 15 is 0 Å². The molecule has 3 aromatic rings. The molecule has 7 heteroatoms. The molecule has 2 aromatic carbocycles. The quantitative estimate of drug-likeness (QED) is 0.262. The molecule has 5 nitrogen and oxygen atoms in total. The summed E-state index contributed by atoms with van der Waals surface area (Å²) in [5.74, 6) is 1.82. The Kier molecular flexibility index (Phi) is 8.96. The number of ether oxygens (including phenoxy) is 1. The number of rotatable bonds is 11. The molecule has 0 saturated heterocycles. The molecule has 0 bridgehead atoms. The van der Waals surface area contributed by atoms with Crippen LogP contribution in [0.4, 0.5) is 5.13 Å². The Morgan fingerprint density at radius 2 is 1.81 bits per heavy atom. The number of benzene rings is 2. The molecule has 0 aliphatic carbocycles. The smallest absolute Gasteiger partial charge is 0.228 e. The molecule has 0 fully saturated rings. The average Bonchev–Trinajstić information content (AvgIpc) is 3.21. The number of fused-ring (bicyclic) bond motifs is 1. The van der Waals surface area contributed by atoms with Crippen LogP contribution in [0.5, 0.6) is 5.75 Å². The summed E-state index contributed by atoms with van der Waals surface area (Å²) in [6.07, 6.45) is 2.27. The van der Waals surface area contributed by atoms with Crippen molar-refractivity contribution in [2.45, 2.75) is 38.0 Å². The summed E-state index contributed by atoms with van der Waals surface area (Å²) < 4.78 is 6.59. The molecule has 0 atom stereocenters. The summed E-state index contributed by atoms with van der Waals surface area (Å²) in [7, 11) is 5.77. The Morgan fingerprint density at radius 3 is 2.50 bits per heavy atom. The minimum Gasteiger partial charge on any atom is -0.494 e. The lowest BCUT2D eigenvalue weighted by molar-refractivity contribution is -0.118. The Hall–Kier alpha value is -2.09. The van der Waals surface area contributed by atoms with Gasteiger partial charge in [0.1, 0.15) is 11.3 Å². The fraction of sp³-hybridized carbons (Fsp3) is 0.440. The number of thioether (sulfide) groups is 1. The lowest BCUT2D eigenvalue weighted by atomic mass is 10.2. The zero-order valence-corrected chi connectivity index (χ0v) is 21.3. The van der Waals surface area contributed by atoms with Gasteiger partial charge in [-0.25, -0.2) is 4.98 Å².